The zero-order valence-electron chi connectivity index (χ0n) is 19.7. The summed E-state index contributed by atoms with van der Waals surface area (Å²) in [5.74, 6) is 0.592. The molecule has 1 aromatic heterocycles. The Kier molecular flexibility index (Phi) is 6.16. The maximum Gasteiger partial charge on any atom is 0.258 e. The number of aromatic nitrogens is 2. The lowest BCUT2D eigenvalue weighted by Crippen LogP contribution is -2.33. The number of nitrogens with one attached hydrogen (secondary N) is 2. The summed E-state index contributed by atoms with van der Waals surface area (Å²) in [7, 11) is 1.48. The number of fused-ring (bicyclic) bond motifs is 3. The summed E-state index contributed by atoms with van der Waals surface area (Å²) in [5.41, 5.74) is 6.78. The number of para-hydroxylation sites is 1. The van der Waals surface area contributed by atoms with Crippen LogP contribution in [0.25, 0.3) is 22.4 Å². The van der Waals surface area contributed by atoms with Gasteiger partial charge in [-0.15, -0.1) is 0 Å². The van der Waals surface area contributed by atoms with E-state index in [0.29, 0.717) is 24.2 Å². The fraction of sp³-hybridized carbons (Fsp3) is 0.179. The van der Waals surface area contributed by atoms with Gasteiger partial charge in [0.05, 0.1) is 11.4 Å². The van der Waals surface area contributed by atoms with Crippen LogP contribution in [0.2, 0.25) is 0 Å². The van der Waals surface area contributed by atoms with Crippen LogP contribution in [0, 0.1) is 6.92 Å². The van der Waals surface area contributed by atoms with Crippen molar-refractivity contribution in [1.29, 1.82) is 0 Å². The minimum absolute atomic E-state index is 0.00488. The van der Waals surface area contributed by atoms with Crippen LogP contribution in [0.15, 0.2) is 72.8 Å². The molecule has 0 bridgehead atoms. The summed E-state index contributed by atoms with van der Waals surface area (Å²) >= 11 is 0. The molecule has 2 heterocycles. The molecule has 0 radical (unpaired) electrons. The number of imidazole rings is 1. The Labute approximate surface area is 203 Å². The van der Waals surface area contributed by atoms with Crippen LogP contribution in [-0.4, -0.2) is 42.0 Å². The Hall–Kier alpha value is -4.23. The third-order valence-electron chi connectivity index (χ3n) is 6.09. The molecule has 0 unspecified atom stereocenters. The van der Waals surface area contributed by atoms with E-state index in [2.05, 4.69) is 10.3 Å². The predicted molar refractivity (Wildman–Crippen MR) is 137 cm³/mol. The van der Waals surface area contributed by atoms with E-state index in [0.717, 1.165) is 39.6 Å². The molecule has 35 heavy (non-hydrogen) atoms. The third kappa shape index (κ3) is 4.46. The van der Waals surface area contributed by atoms with Crippen LogP contribution in [-0.2, 0) is 16.0 Å². The molecule has 4 aromatic rings. The molecule has 0 aliphatic carbocycles. The molecule has 2 N–H and O–H groups in total. The number of H-pyrrole nitrogens is 1. The maximum absolute atomic E-state index is 14.0. The van der Waals surface area contributed by atoms with Crippen molar-refractivity contribution >= 4 is 23.2 Å². The molecule has 3 aromatic carbocycles. The summed E-state index contributed by atoms with van der Waals surface area (Å²) in [6.45, 7) is 2.49. The average molecular weight is 467 g/mol. The van der Waals surface area contributed by atoms with E-state index in [-0.39, 0.29) is 18.4 Å². The third-order valence-corrected chi connectivity index (χ3v) is 6.09. The quantitative estimate of drug-likeness (QED) is 0.441. The molecule has 0 atom stereocenters. The highest BCUT2D eigenvalue weighted by Gasteiger charge is 2.28. The highest BCUT2D eigenvalue weighted by atomic mass is 16.5. The summed E-state index contributed by atoms with van der Waals surface area (Å²) < 4.78 is 4.86. The number of carbonyl (C=O) groups excluding carboxylic acids is 2. The first-order chi connectivity index (χ1) is 17.0. The number of nitrogens with zero attached hydrogens (tertiary/aromatic N) is 2. The van der Waals surface area contributed by atoms with Crippen LogP contribution < -0.4 is 10.2 Å². The standard InChI is InChI=1S/C28H26N4O3/c1-18-29-24-15-16-32(25-10-6-5-9-23(25)27(24)30-18)28(34)22-8-4-3-7-21(22)19-11-13-20(14-12-19)31-26(33)17-35-2/h3-14H,15-17H2,1-2H3,(H,29,30)(H,31,33). The summed E-state index contributed by atoms with van der Waals surface area (Å²) in [6, 6.07) is 23.0. The van der Waals surface area contributed by atoms with Gasteiger partial charge in [0.1, 0.15) is 12.4 Å². The van der Waals surface area contributed by atoms with Gasteiger partial charge in [-0.3, -0.25) is 9.59 Å². The van der Waals surface area contributed by atoms with Gasteiger partial charge in [0.15, 0.2) is 0 Å². The van der Waals surface area contributed by atoms with Gasteiger partial charge >= 0.3 is 0 Å². The minimum atomic E-state index is -0.217. The van der Waals surface area contributed by atoms with Gasteiger partial charge in [-0.2, -0.15) is 0 Å². The summed E-state index contributed by atoms with van der Waals surface area (Å²) in [6.07, 6.45) is 0.689. The molecule has 1 aliphatic rings. The second kappa shape index (κ2) is 9.56. The Morgan fingerprint density at radius 3 is 2.49 bits per heavy atom. The average Bonchev–Trinajstić information content (AvgIpc) is 3.18. The summed E-state index contributed by atoms with van der Waals surface area (Å²) in [5, 5.41) is 2.79. The number of anilines is 2. The maximum atomic E-state index is 14.0. The van der Waals surface area contributed by atoms with E-state index in [1.807, 2.05) is 84.6 Å². The van der Waals surface area contributed by atoms with Gasteiger partial charge in [0, 0.05) is 42.6 Å². The number of amides is 2. The second-order valence-corrected chi connectivity index (χ2v) is 8.48. The Morgan fingerprint density at radius 1 is 1.00 bits per heavy atom. The lowest BCUT2D eigenvalue weighted by molar-refractivity contribution is -0.119. The lowest BCUT2D eigenvalue weighted by atomic mass is 9.98. The highest BCUT2D eigenvalue weighted by molar-refractivity contribution is 6.12. The monoisotopic (exact) mass is 466 g/mol. The molecular weight excluding hydrogens is 440 g/mol. The number of aromatic amines is 1. The number of hydrogen-bond acceptors (Lipinski definition) is 4. The molecule has 0 saturated heterocycles. The van der Waals surface area contributed by atoms with Gasteiger partial charge < -0.3 is 19.9 Å². The number of benzene rings is 3. The Morgan fingerprint density at radius 2 is 1.71 bits per heavy atom. The normalized spacial score (nSPS) is 12.5. The predicted octanol–water partition coefficient (Wildman–Crippen LogP) is 4.84. The number of carbonyl (C=O) groups is 2. The van der Waals surface area contributed by atoms with E-state index >= 15 is 0 Å². The first-order valence-electron chi connectivity index (χ1n) is 11.5. The summed E-state index contributed by atoms with van der Waals surface area (Å²) in [4.78, 5) is 35.7. The van der Waals surface area contributed by atoms with Crippen molar-refractivity contribution in [2.75, 3.05) is 30.5 Å². The molecule has 5 rings (SSSR count). The van der Waals surface area contributed by atoms with Crippen molar-refractivity contribution in [3.8, 4) is 22.4 Å². The first-order valence-corrected chi connectivity index (χ1v) is 11.5. The molecule has 7 heteroatoms. The zero-order chi connectivity index (χ0) is 24.4. The number of methoxy groups -OCH3 is 1. The molecule has 0 fully saturated rings. The van der Waals surface area contributed by atoms with Gasteiger partial charge in [-0.25, -0.2) is 4.98 Å². The first kappa shape index (κ1) is 22.6. The lowest BCUT2D eigenvalue weighted by Gasteiger charge is -2.24. The van der Waals surface area contributed by atoms with E-state index in [9.17, 15) is 9.59 Å². The molecule has 1 aliphatic heterocycles. The van der Waals surface area contributed by atoms with Crippen LogP contribution >= 0.6 is 0 Å². The smallest absolute Gasteiger partial charge is 0.258 e. The van der Waals surface area contributed by atoms with Crippen LogP contribution in [0.4, 0.5) is 11.4 Å². The van der Waals surface area contributed by atoms with Crippen LogP contribution in [0.5, 0.6) is 0 Å². The number of rotatable bonds is 5. The SMILES string of the molecule is COCC(=O)Nc1ccc(-c2ccccc2C(=O)N2CCc3[nH]c(C)nc3-c3ccccc32)cc1. The van der Waals surface area contributed by atoms with Crippen molar-refractivity contribution in [3.63, 3.8) is 0 Å². The van der Waals surface area contributed by atoms with Gasteiger partial charge in [0.25, 0.3) is 5.91 Å². The van der Waals surface area contributed by atoms with Crippen molar-refractivity contribution < 1.29 is 14.3 Å². The Balaban J connectivity index is 1.48. The number of hydrogen-bond donors (Lipinski definition) is 2. The zero-order valence-corrected chi connectivity index (χ0v) is 19.7. The van der Waals surface area contributed by atoms with E-state index in [1.54, 1.807) is 0 Å². The van der Waals surface area contributed by atoms with Crippen molar-refractivity contribution in [2.45, 2.75) is 13.3 Å². The largest absolute Gasteiger partial charge is 0.375 e. The molecule has 2 amide bonds. The second-order valence-electron chi connectivity index (χ2n) is 8.48. The Bertz CT molecular complexity index is 1390. The van der Waals surface area contributed by atoms with Gasteiger partial charge in [-0.05, 0) is 42.3 Å². The topological polar surface area (TPSA) is 87.3 Å². The van der Waals surface area contributed by atoms with Crippen LogP contribution in [0.3, 0.4) is 0 Å². The number of aryl methyl sites for hydroxylation is 1. The molecule has 176 valence electrons. The molecule has 7 nitrogen and oxygen atoms in total. The fourth-order valence-corrected chi connectivity index (χ4v) is 4.54. The van der Waals surface area contributed by atoms with Crippen molar-refractivity contribution in [2.24, 2.45) is 0 Å². The van der Waals surface area contributed by atoms with Crippen molar-refractivity contribution in [3.05, 3.63) is 89.9 Å². The van der Waals surface area contributed by atoms with Gasteiger partial charge in [0.2, 0.25) is 5.91 Å². The minimum Gasteiger partial charge on any atom is -0.375 e. The van der Waals surface area contributed by atoms with Crippen LogP contribution in [0.1, 0.15) is 21.9 Å². The highest BCUT2D eigenvalue weighted by Crippen LogP contribution is 2.36. The van der Waals surface area contributed by atoms with E-state index in [4.69, 9.17) is 9.72 Å². The van der Waals surface area contributed by atoms with Gasteiger partial charge in [-0.1, -0.05) is 48.5 Å². The fourth-order valence-electron chi connectivity index (χ4n) is 4.54. The number of ether oxygens (including phenoxy) is 1. The molecule has 0 saturated carbocycles. The van der Waals surface area contributed by atoms with E-state index < -0.39 is 0 Å². The van der Waals surface area contributed by atoms with Crippen molar-refractivity contribution in [1.82, 2.24) is 9.97 Å². The van der Waals surface area contributed by atoms with E-state index in [1.165, 1.54) is 7.11 Å². The molecular formula is C28H26N4O3. The molecule has 0 spiro atoms.